The van der Waals surface area contributed by atoms with E-state index in [-0.39, 0.29) is 24.0 Å². The number of aryl methyl sites for hydroxylation is 1. The van der Waals surface area contributed by atoms with Crippen LogP contribution in [0.1, 0.15) is 49.1 Å². The number of ether oxygens (including phenoxy) is 3. The fourth-order valence-corrected chi connectivity index (χ4v) is 5.09. The SMILES string of the molecule is Cc1ccc(S(=O)(=O)NCCc2ccc(O)cc2[C@H](NC(=O)OC(C)(C)C)c2ccc3c(c2)OCO3)cc1. The second kappa shape index (κ2) is 10.9. The van der Waals surface area contributed by atoms with Crippen molar-refractivity contribution in [3.05, 3.63) is 82.9 Å². The molecule has 0 aliphatic carbocycles. The summed E-state index contributed by atoms with van der Waals surface area (Å²) < 4.78 is 44.6. The van der Waals surface area contributed by atoms with Crippen LogP contribution >= 0.6 is 0 Å². The van der Waals surface area contributed by atoms with Gasteiger partial charge < -0.3 is 24.6 Å². The summed E-state index contributed by atoms with van der Waals surface area (Å²) in [5.41, 5.74) is 2.23. The summed E-state index contributed by atoms with van der Waals surface area (Å²) in [5.74, 6) is 1.12. The van der Waals surface area contributed by atoms with Gasteiger partial charge in [0.1, 0.15) is 11.4 Å². The molecule has 0 saturated carbocycles. The van der Waals surface area contributed by atoms with Gasteiger partial charge >= 0.3 is 6.09 Å². The maximum absolute atomic E-state index is 12.8. The molecule has 4 rings (SSSR count). The summed E-state index contributed by atoms with van der Waals surface area (Å²) in [5, 5.41) is 13.2. The van der Waals surface area contributed by atoms with Crippen LogP contribution in [0, 0.1) is 6.92 Å². The van der Waals surface area contributed by atoms with Gasteiger partial charge in [-0.05, 0) is 87.2 Å². The molecule has 1 aliphatic rings. The number of phenols is 1. The van der Waals surface area contributed by atoms with Crippen LogP contribution in [0.4, 0.5) is 4.79 Å². The van der Waals surface area contributed by atoms with Crippen LogP contribution in [0.15, 0.2) is 65.6 Å². The Morgan fingerprint density at radius 3 is 2.45 bits per heavy atom. The van der Waals surface area contributed by atoms with Crippen LogP contribution < -0.4 is 19.5 Å². The molecule has 0 fully saturated rings. The number of alkyl carbamates (subject to hydrolysis) is 1. The molecule has 38 heavy (non-hydrogen) atoms. The normalized spacial score (nSPS) is 13.7. The summed E-state index contributed by atoms with van der Waals surface area (Å²) in [4.78, 5) is 13.0. The molecule has 0 unspecified atom stereocenters. The number of amides is 1. The van der Waals surface area contributed by atoms with Crippen LogP contribution in [0.25, 0.3) is 0 Å². The van der Waals surface area contributed by atoms with E-state index in [2.05, 4.69) is 10.0 Å². The predicted octanol–water partition coefficient (Wildman–Crippen LogP) is 4.56. The molecule has 0 spiro atoms. The van der Waals surface area contributed by atoms with Crippen molar-refractivity contribution < 1.29 is 32.5 Å². The fourth-order valence-electron chi connectivity index (χ4n) is 4.06. The van der Waals surface area contributed by atoms with E-state index >= 15 is 0 Å². The van der Waals surface area contributed by atoms with E-state index in [1.807, 2.05) is 6.92 Å². The molecule has 1 amide bonds. The molecule has 1 aliphatic heterocycles. The molecule has 9 nitrogen and oxygen atoms in total. The van der Waals surface area contributed by atoms with Gasteiger partial charge in [-0.25, -0.2) is 17.9 Å². The van der Waals surface area contributed by atoms with E-state index < -0.39 is 27.8 Å². The molecule has 3 aromatic carbocycles. The van der Waals surface area contributed by atoms with Gasteiger partial charge in [-0.3, -0.25) is 0 Å². The zero-order valence-electron chi connectivity index (χ0n) is 21.8. The average Bonchev–Trinajstić information content (AvgIpc) is 3.30. The lowest BCUT2D eigenvalue weighted by molar-refractivity contribution is 0.0512. The van der Waals surface area contributed by atoms with E-state index in [9.17, 15) is 18.3 Å². The minimum atomic E-state index is -3.71. The number of carbonyl (C=O) groups is 1. The molecule has 3 N–H and O–H groups in total. The quantitative estimate of drug-likeness (QED) is 0.383. The second-order valence-electron chi connectivity index (χ2n) is 10.0. The molecule has 0 bridgehead atoms. The minimum absolute atomic E-state index is 0.000665. The van der Waals surface area contributed by atoms with Crippen molar-refractivity contribution in [2.75, 3.05) is 13.3 Å². The first kappa shape index (κ1) is 27.3. The van der Waals surface area contributed by atoms with Gasteiger partial charge in [0.05, 0.1) is 10.9 Å². The molecule has 10 heteroatoms. The Labute approximate surface area is 222 Å². The third-order valence-corrected chi connectivity index (χ3v) is 7.33. The lowest BCUT2D eigenvalue weighted by atomic mass is 9.92. The Morgan fingerprint density at radius 2 is 1.74 bits per heavy atom. The van der Waals surface area contributed by atoms with E-state index in [0.717, 1.165) is 11.1 Å². The minimum Gasteiger partial charge on any atom is -0.508 e. The smallest absolute Gasteiger partial charge is 0.408 e. The van der Waals surface area contributed by atoms with E-state index in [1.54, 1.807) is 75.4 Å². The summed E-state index contributed by atoms with van der Waals surface area (Å²) in [6, 6.07) is 16.0. The topological polar surface area (TPSA) is 123 Å². The van der Waals surface area contributed by atoms with E-state index in [4.69, 9.17) is 14.2 Å². The molecular weight excluding hydrogens is 508 g/mol. The highest BCUT2D eigenvalue weighted by atomic mass is 32.2. The van der Waals surface area contributed by atoms with Crippen LogP contribution in [-0.4, -0.2) is 38.6 Å². The molecule has 0 aromatic heterocycles. The largest absolute Gasteiger partial charge is 0.508 e. The molecular formula is C28H32N2O7S. The third kappa shape index (κ3) is 6.76. The Bertz CT molecular complexity index is 1410. The van der Waals surface area contributed by atoms with Gasteiger partial charge in [0, 0.05) is 6.54 Å². The number of phenolic OH excluding ortho intramolecular Hbond substituents is 1. The van der Waals surface area contributed by atoms with Gasteiger partial charge in [0.2, 0.25) is 16.8 Å². The lowest BCUT2D eigenvalue weighted by Gasteiger charge is -2.26. The summed E-state index contributed by atoms with van der Waals surface area (Å²) in [7, 11) is -3.71. The van der Waals surface area contributed by atoms with Crippen molar-refractivity contribution in [1.82, 2.24) is 10.0 Å². The average molecular weight is 541 g/mol. The molecule has 3 aromatic rings. The first-order chi connectivity index (χ1) is 17.9. The Kier molecular flexibility index (Phi) is 7.84. The lowest BCUT2D eigenvalue weighted by Crippen LogP contribution is -2.36. The molecule has 0 radical (unpaired) electrons. The summed E-state index contributed by atoms with van der Waals surface area (Å²) >= 11 is 0. The highest BCUT2D eigenvalue weighted by Crippen LogP contribution is 2.37. The van der Waals surface area contributed by atoms with Crippen LogP contribution in [0.5, 0.6) is 17.2 Å². The van der Waals surface area contributed by atoms with Gasteiger partial charge in [0.15, 0.2) is 11.5 Å². The van der Waals surface area contributed by atoms with E-state index in [1.165, 1.54) is 6.07 Å². The van der Waals surface area contributed by atoms with Crippen molar-refractivity contribution in [3.63, 3.8) is 0 Å². The van der Waals surface area contributed by atoms with Crippen molar-refractivity contribution >= 4 is 16.1 Å². The monoisotopic (exact) mass is 540 g/mol. The molecule has 1 heterocycles. The number of benzene rings is 3. The van der Waals surface area contributed by atoms with Crippen LogP contribution in [-0.2, 0) is 21.2 Å². The van der Waals surface area contributed by atoms with Gasteiger partial charge in [0.25, 0.3) is 0 Å². The number of rotatable bonds is 8. The first-order valence-corrected chi connectivity index (χ1v) is 13.7. The van der Waals surface area contributed by atoms with Crippen LogP contribution in [0.3, 0.4) is 0 Å². The van der Waals surface area contributed by atoms with Crippen molar-refractivity contribution in [3.8, 4) is 17.2 Å². The Balaban J connectivity index is 1.62. The fraction of sp³-hybridized carbons (Fsp3) is 0.321. The van der Waals surface area contributed by atoms with Gasteiger partial charge in [-0.2, -0.15) is 0 Å². The molecule has 1 atom stereocenters. The summed E-state index contributed by atoms with van der Waals surface area (Å²) in [6.45, 7) is 7.39. The number of carbonyl (C=O) groups excluding carboxylic acids is 1. The van der Waals surface area contributed by atoms with Gasteiger partial charge in [-0.15, -0.1) is 0 Å². The van der Waals surface area contributed by atoms with Crippen molar-refractivity contribution in [1.29, 1.82) is 0 Å². The van der Waals surface area contributed by atoms with Crippen molar-refractivity contribution in [2.24, 2.45) is 0 Å². The zero-order valence-corrected chi connectivity index (χ0v) is 22.6. The number of sulfonamides is 1. The number of fused-ring (bicyclic) bond motifs is 1. The highest BCUT2D eigenvalue weighted by Gasteiger charge is 2.26. The Morgan fingerprint density at radius 1 is 1.03 bits per heavy atom. The maximum atomic E-state index is 12.8. The maximum Gasteiger partial charge on any atom is 0.408 e. The molecule has 0 saturated heterocycles. The number of nitrogens with one attached hydrogen (secondary N) is 2. The van der Waals surface area contributed by atoms with Crippen LogP contribution in [0.2, 0.25) is 0 Å². The number of aromatic hydroxyl groups is 1. The third-order valence-electron chi connectivity index (χ3n) is 5.85. The zero-order chi connectivity index (χ0) is 27.5. The summed E-state index contributed by atoms with van der Waals surface area (Å²) in [6.07, 6.45) is -0.341. The number of hydrogen-bond acceptors (Lipinski definition) is 7. The number of hydrogen-bond donors (Lipinski definition) is 3. The standard InChI is InChI=1S/C28H32N2O7S/c1-18-5-10-22(11-6-18)38(33,34)29-14-13-19-7-9-21(31)16-23(19)26(30-27(32)37-28(2,3)4)20-8-12-24-25(15-20)36-17-35-24/h5-12,15-16,26,29,31H,13-14,17H2,1-4H3,(H,30,32)/t26-/m1/s1. The van der Waals surface area contributed by atoms with E-state index in [0.29, 0.717) is 29.0 Å². The second-order valence-corrected chi connectivity index (χ2v) is 11.8. The highest BCUT2D eigenvalue weighted by molar-refractivity contribution is 7.89. The Hall–Kier alpha value is -3.76. The first-order valence-electron chi connectivity index (χ1n) is 12.2. The predicted molar refractivity (Wildman–Crippen MR) is 142 cm³/mol. The molecule has 202 valence electrons. The van der Waals surface area contributed by atoms with Gasteiger partial charge in [-0.1, -0.05) is 29.8 Å². The van der Waals surface area contributed by atoms with Crippen molar-refractivity contribution in [2.45, 2.75) is 50.7 Å².